The zero-order valence-corrected chi connectivity index (χ0v) is 43.5. The molecular formula is C57H111NO8. The fourth-order valence-electron chi connectivity index (χ4n) is 9.51. The normalized spacial score (nSPS) is 19.8. The smallest absolute Gasteiger partial charge is 0.220 e. The van der Waals surface area contributed by atoms with E-state index in [0.717, 1.165) is 38.5 Å². The van der Waals surface area contributed by atoms with Crippen LogP contribution in [0.15, 0.2) is 12.2 Å². The van der Waals surface area contributed by atoms with Gasteiger partial charge in [0.15, 0.2) is 6.29 Å². The third kappa shape index (κ3) is 36.9. The van der Waals surface area contributed by atoms with Crippen LogP contribution < -0.4 is 5.32 Å². The summed E-state index contributed by atoms with van der Waals surface area (Å²) >= 11 is 0. The predicted octanol–water partition coefficient (Wildman–Crippen LogP) is 14.0. The number of carbonyl (C=O) groups excluding carboxylic acids is 1. The molecule has 0 aromatic rings. The van der Waals surface area contributed by atoms with Crippen molar-refractivity contribution in [2.45, 2.75) is 333 Å². The van der Waals surface area contributed by atoms with E-state index in [4.69, 9.17) is 9.47 Å². The van der Waals surface area contributed by atoms with Crippen molar-refractivity contribution in [3.63, 3.8) is 0 Å². The van der Waals surface area contributed by atoms with Gasteiger partial charge in [-0.1, -0.05) is 276 Å². The number of amides is 1. The molecular weight excluding hydrogens is 827 g/mol. The van der Waals surface area contributed by atoms with Crippen LogP contribution in [0.1, 0.15) is 290 Å². The molecule has 0 spiro atoms. The number of nitrogens with one attached hydrogen (secondary N) is 1. The molecule has 1 fully saturated rings. The standard InChI is InChI=1S/C57H111NO8/c1-3-5-7-9-11-13-15-17-19-21-23-24-25-26-27-28-29-31-33-35-37-39-41-43-45-47-53(61)58-50(49-65-57-56(64)55(63)54(62)52(48-59)66-57)51(60)46-44-42-40-38-36-34-32-30-22-20-18-16-14-12-10-8-6-4-2/h44,46,50-52,54-57,59-60,62-64H,3-43,45,47-49H2,1-2H3,(H,58,61)/b46-44+. The average Bonchev–Trinajstić information content (AvgIpc) is 3.32. The zero-order chi connectivity index (χ0) is 48.0. The van der Waals surface area contributed by atoms with Crippen LogP contribution in [-0.2, 0) is 14.3 Å². The average molecular weight is 939 g/mol. The Labute approximate surface area is 407 Å². The van der Waals surface area contributed by atoms with Crippen LogP contribution in [0.4, 0.5) is 0 Å². The SMILES string of the molecule is CCCCCCCCCCCCCCCCCC/C=C/C(O)C(COC1OC(CO)C(O)C(O)C1O)NC(=O)CCCCCCCCCCCCCCCCCCCCCCCCCCC. The monoisotopic (exact) mass is 938 g/mol. The lowest BCUT2D eigenvalue weighted by Crippen LogP contribution is -2.60. The molecule has 0 aromatic heterocycles. The van der Waals surface area contributed by atoms with Crippen LogP contribution in [0, 0.1) is 0 Å². The molecule has 0 aromatic carbocycles. The summed E-state index contributed by atoms with van der Waals surface area (Å²) in [6.07, 6.45) is 51.3. The summed E-state index contributed by atoms with van der Waals surface area (Å²) in [5, 5.41) is 54.5. The number of aliphatic hydroxyl groups is 5. The van der Waals surface area contributed by atoms with Crippen LogP contribution in [0.2, 0.25) is 0 Å². The Balaban J connectivity index is 2.20. The van der Waals surface area contributed by atoms with Crippen LogP contribution in [0.3, 0.4) is 0 Å². The fraction of sp³-hybridized carbons (Fsp3) is 0.947. The minimum atomic E-state index is -1.56. The second-order valence-corrected chi connectivity index (χ2v) is 20.5. The molecule has 1 heterocycles. The largest absolute Gasteiger partial charge is 0.394 e. The van der Waals surface area contributed by atoms with Crippen molar-refractivity contribution < 1.29 is 39.8 Å². The van der Waals surface area contributed by atoms with E-state index in [-0.39, 0.29) is 12.5 Å². The molecule has 7 atom stereocenters. The molecule has 392 valence electrons. The molecule has 6 N–H and O–H groups in total. The number of rotatable bonds is 50. The number of hydrogen-bond acceptors (Lipinski definition) is 8. The molecule has 0 aliphatic carbocycles. The molecule has 7 unspecified atom stereocenters. The topological polar surface area (TPSA) is 149 Å². The number of carbonyl (C=O) groups is 1. The third-order valence-corrected chi connectivity index (χ3v) is 14.1. The van der Waals surface area contributed by atoms with Gasteiger partial charge < -0.3 is 40.3 Å². The van der Waals surface area contributed by atoms with Crippen molar-refractivity contribution in [2.24, 2.45) is 0 Å². The van der Waals surface area contributed by atoms with Gasteiger partial charge in [0, 0.05) is 6.42 Å². The number of unbranched alkanes of at least 4 members (excludes halogenated alkanes) is 40. The van der Waals surface area contributed by atoms with Gasteiger partial charge in [-0.15, -0.1) is 0 Å². The van der Waals surface area contributed by atoms with E-state index in [9.17, 15) is 30.3 Å². The first-order valence-electron chi connectivity index (χ1n) is 28.9. The van der Waals surface area contributed by atoms with Gasteiger partial charge in [0.1, 0.15) is 24.4 Å². The molecule has 1 amide bonds. The number of aliphatic hydroxyl groups excluding tert-OH is 5. The lowest BCUT2D eigenvalue weighted by molar-refractivity contribution is -0.302. The van der Waals surface area contributed by atoms with Crippen molar-refractivity contribution >= 4 is 5.91 Å². The molecule has 1 aliphatic rings. The Hall–Kier alpha value is -1.07. The van der Waals surface area contributed by atoms with E-state index in [1.165, 1.54) is 231 Å². The second-order valence-electron chi connectivity index (χ2n) is 20.5. The first-order valence-corrected chi connectivity index (χ1v) is 28.9. The minimum Gasteiger partial charge on any atom is -0.394 e. The number of hydrogen-bond donors (Lipinski definition) is 6. The fourth-order valence-corrected chi connectivity index (χ4v) is 9.51. The summed E-state index contributed by atoms with van der Waals surface area (Å²) in [4.78, 5) is 13.1. The summed E-state index contributed by atoms with van der Waals surface area (Å²) in [5.41, 5.74) is 0. The molecule has 1 saturated heterocycles. The summed E-state index contributed by atoms with van der Waals surface area (Å²) in [6.45, 7) is 3.82. The molecule has 9 nitrogen and oxygen atoms in total. The van der Waals surface area contributed by atoms with E-state index < -0.39 is 49.5 Å². The highest BCUT2D eigenvalue weighted by Crippen LogP contribution is 2.23. The first-order chi connectivity index (χ1) is 32.3. The molecule has 1 rings (SSSR count). The van der Waals surface area contributed by atoms with Crippen LogP contribution in [0.5, 0.6) is 0 Å². The molecule has 0 saturated carbocycles. The highest BCUT2D eigenvalue weighted by molar-refractivity contribution is 5.76. The van der Waals surface area contributed by atoms with E-state index >= 15 is 0 Å². The maximum absolute atomic E-state index is 13.1. The second kappa shape index (κ2) is 47.6. The van der Waals surface area contributed by atoms with Gasteiger partial charge >= 0.3 is 0 Å². The molecule has 66 heavy (non-hydrogen) atoms. The van der Waals surface area contributed by atoms with Crippen molar-refractivity contribution in [3.8, 4) is 0 Å². The Morgan fingerprint density at radius 1 is 0.500 bits per heavy atom. The number of allylic oxidation sites excluding steroid dienone is 1. The lowest BCUT2D eigenvalue weighted by atomic mass is 9.99. The summed E-state index contributed by atoms with van der Waals surface area (Å²) < 4.78 is 11.3. The van der Waals surface area contributed by atoms with Crippen LogP contribution in [0.25, 0.3) is 0 Å². The zero-order valence-electron chi connectivity index (χ0n) is 43.5. The number of ether oxygens (including phenoxy) is 2. The van der Waals surface area contributed by atoms with Gasteiger partial charge in [0.25, 0.3) is 0 Å². The van der Waals surface area contributed by atoms with Crippen molar-refractivity contribution in [1.82, 2.24) is 5.32 Å². The van der Waals surface area contributed by atoms with Gasteiger partial charge in [0.2, 0.25) is 5.91 Å². The van der Waals surface area contributed by atoms with Gasteiger partial charge in [-0.2, -0.15) is 0 Å². The maximum Gasteiger partial charge on any atom is 0.220 e. The quantitative estimate of drug-likeness (QED) is 0.0261. The van der Waals surface area contributed by atoms with Crippen molar-refractivity contribution in [2.75, 3.05) is 13.2 Å². The highest BCUT2D eigenvalue weighted by atomic mass is 16.7. The highest BCUT2D eigenvalue weighted by Gasteiger charge is 2.44. The van der Waals surface area contributed by atoms with Crippen LogP contribution in [-0.4, -0.2) is 87.5 Å². The third-order valence-electron chi connectivity index (χ3n) is 14.1. The lowest BCUT2D eigenvalue weighted by Gasteiger charge is -2.40. The van der Waals surface area contributed by atoms with Gasteiger partial charge in [-0.25, -0.2) is 0 Å². The minimum absolute atomic E-state index is 0.170. The molecule has 9 heteroatoms. The Morgan fingerprint density at radius 2 is 0.833 bits per heavy atom. The molecule has 0 bridgehead atoms. The summed E-state index contributed by atoms with van der Waals surface area (Å²) in [6, 6.07) is -0.800. The predicted molar refractivity (Wildman–Crippen MR) is 277 cm³/mol. The van der Waals surface area contributed by atoms with Crippen LogP contribution >= 0.6 is 0 Å². The van der Waals surface area contributed by atoms with Gasteiger partial charge in [-0.3, -0.25) is 4.79 Å². The van der Waals surface area contributed by atoms with E-state index in [0.29, 0.717) is 6.42 Å². The summed E-state index contributed by atoms with van der Waals surface area (Å²) in [5.74, 6) is -0.170. The Morgan fingerprint density at radius 3 is 1.18 bits per heavy atom. The van der Waals surface area contributed by atoms with Gasteiger partial charge in [-0.05, 0) is 19.3 Å². The summed E-state index contributed by atoms with van der Waals surface area (Å²) in [7, 11) is 0. The van der Waals surface area contributed by atoms with Gasteiger partial charge in [0.05, 0.1) is 25.4 Å². The molecule has 1 aliphatic heterocycles. The van der Waals surface area contributed by atoms with Crippen molar-refractivity contribution in [1.29, 1.82) is 0 Å². The Kier molecular flexibility index (Phi) is 45.4. The first kappa shape index (κ1) is 62.9. The van der Waals surface area contributed by atoms with E-state index in [1.807, 2.05) is 6.08 Å². The molecule has 0 radical (unpaired) electrons. The Bertz CT molecular complexity index is 1040. The van der Waals surface area contributed by atoms with E-state index in [2.05, 4.69) is 19.2 Å². The van der Waals surface area contributed by atoms with E-state index in [1.54, 1.807) is 6.08 Å². The van der Waals surface area contributed by atoms with Crippen molar-refractivity contribution in [3.05, 3.63) is 12.2 Å². The maximum atomic E-state index is 13.1.